The van der Waals surface area contributed by atoms with Gasteiger partial charge in [-0.15, -0.1) is 0 Å². The zero-order valence-electron chi connectivity index (χ0n) is 12.4. The lowest BCUT2D eigenvalue weighted by Gasteiger charge is -2.09. The first kappa shape index (κ1) is 16.6. The molecule has 1 aromatic carbocycles. The molecule has 0 radical (unpaired) electrons. The summed E-state index contributed by atoms with van der Waals surface area (Å²) in [6.07, 6.45) is 0.0148. The van der Waals surface area contributed by atoms with Crippen molar-refractivity contribution in [1.82, 2.24) is 10.9 Å². The lowest BCUT2D eigenvalue weighted by Crippen LogP contribution is -2.42. The largest absolute Gasteiger partial charge is 0.497 e. The highest BCUT2D eigenvalue weighted by Crippen LogP contribution is 2.23. The van der Waals surface area contributed by atoms with Crippen LogP contribution < -0.4 is 20.3 Å². The van der Waals surface area contributed by atoms with Crippen LogP contribution >= 0.6 is 0 Å². The van der Waals surface area contributed by atoms with Crippen molar-refractivity contribution in [2.75, 3.05) is 20.8 Å². The molecule has 0 aliphatic carbocycles. The first-order valence-corrected chi connectivity index (χ1v) is 6.52. The molecule has 0 fully saturated rings. The van der Waals surface area contributed by atoms with Gasteiger partial charge in [-0.3, -0.25) is 10.2 Å². The van der Waals surface area contributed by atoms with Gasteiger partial charge in [0.2, 0.25) is 5.91 Å². The van der Waals surface area contributed by atoms with Gasteiger partial charge < -0.3 is 14.2 Å². The van der Waals surface area contributed by atoms with Crippen molar-refractivity contribution < 1.29 is 23.8 Å². The molecule has 0 heterocycles. The minimum absolute atomic E-state index is 0.211. The molecule has 0 aliphatic rings. The van der Waals surface area contributed by atoms with Gasteiger partial charge in [-0.05, 0) is 31.0 Å². The van der Waals surface area contributed by atoms with Gasteiger partial charge in [0.05, 0.1) is 20.8 Å². The molecule has 2 amide bonds. The zero-order valence-corrected chi connectivity index (χ0v) is 12.4. The van der Waals surface area contributed by atoms with Gasteiger partial charge in [0, 0.05) is 12.5 Å². The molecule has 1 aromatic rings. The predicted molar refractivity (Wildman–Crippen MR) is 76.2 cm³/mol. The van der Waals surface area contributed by atoms with Crippen LogP contribution in [0, 0.1) is 0 Å². The topological polar surface area (TPSA) is 85.9 Å². The van der Waals surface area contributed by atoms with Gasteiger partial charge in [0.15, 0.2) is 0 Å². The van der Waals surface area contributed by atoms with Gasteiger partial charge >= 0.3 is 6.09 Å². The summed E-state index contributed by atoms with van der Waals surface area (Å²) in [7, 11) is 3.13. The number of carbonyl (C=O) groups is 2. The van der Waals surface area contributed by atoms with Crippen LogP contribution in [0.3, 0.4) is 0 Å². The average Bonchev–Trinajstić information content (AvgIpc) is 2.50. The number of amides is 2. The van der Waals surface area contributed by atoms with E-state index >= 15 is 0 Å². The molecule has 7 nitrogen and oxygen atoms in total. The second kappa shape index (κ2) is 8.68. The molecule has 0 atom stereocenters. The molecule has 7 heteroatoms. The van der Waals surface area contributed by atoms with E-state index in [1.165, 1.54) is 0 Å². The Morgan fingerprint density at radius 3 is 2.19 bits per heavy atom. The SMILES string of the molecule is CCOC(=O)NNC(=O)CCc1cc(OC)cc(OC)c1. The highest BCUT2D eigenvalue weighted by molar-refractivity contribution is 5.79. The highest BCUT2D eigenvalue weighted by Gasteiger charge is 2.07. The molecule has 0 saturated heterocycles. The fraction of sp³-hybridized carbons (Fsp3) is 0.429. The molecule has 116 valence electrons. The third kappa shape index (κ3) is 6.03. The third-order valence-corrected chi connectivity index (χ3v) is 2.63. The van der Waals surface area contributed by atoms with Crippen LogP contribution in [0.15, 0.2) is 18.2 Å². The Hall–Kier alpha value is -2.44. The summed E-state index contributed by atoms with van der Waals surface area (Å²) in [5, 5.41) is 0. The number of carbonyl (C=O) groups excluding carboxylic acids is 2. The Bertz CT molecular complexity index is 468. The lowest BCUT2D eigenvalue weighted by atomic mass is 10.1. The van der Waals surface area contributed by atoms with Crippen LogP contribution in [0.5, 0.6) is 11.5 Å². The maximum absolute atomic E-state index is 11.6. The molecule has 0 aliphatic heterocycles. The van der Waals surface area contributed by atoms with E-state index in [0.717, 1.165) is 5.56 Å². The van der Waals surface area contributed by atoms with Gasteiger partial charge in [-0.25, -0.2) is 10.2 Å². The van der Waals surface area contributed by atoms with Crippen molar-refractivity contribution in [3.63, 3.8) is 0 Å². The van der Waals surface area contributed by atoms with Crippen LogP contribution in [0.4, 0.5) is 4.79 Å². The van der Waals surface area contributed by atoms with E-state index in [0.29, 0.717) is 17.9 Å². The second-order valence-corrected chi connectivity index (χ2v) is 4.11. The van der Waals surface area contributed by atoms with Gasteiger partial charge in [0.1, 0.15) is 11.5 Å². The summed E-state index contributed by atoms with van der Waals surface area (Å²) in [6.45, 7) is 1.92. The van der Waals surface area contributed by atoms with Gasteiger partial charge in [-0.2, -0.15) is 0 Å². The van der Waals surface area contributed by atoms with Crippen molar-refractivity contribution in [3.8, 4) is 11.5 Å². The fourth-order valence-corrected chi connectivity index (χ4v) is 1.62. The first-order chi connectivity index (χ1) is 10.1. The maximum Gasteiger partial charge on any atom is 0.426 e. The zero-order chi connectivity index (χ0) is 15.7. The summed E-state index contributed by atoms with van der Waals surface area (Å²) < 4.78 is 14.9. The Morgan fingerprint density at radius 2 is 1.67 bits per heavy atom. The number of nitrogens with one attached hydrogen (secondary N) is 2. The summed E-state index contributed by atoms with van der Waals surface area (Å²) in [6, 6.07) is 5.41. The third-order valence-electron chi connectivity index (χ3n) is 2.63. The number of hydrogen-bond acceptors (Lipinski definition) is 5. The van der Waals surface area contributed by atoms with E-state index in [1.807, 2.05) is 12.1 Å². The van der Waals surface area contributed by atoms with E-state index in [2.05, 4.69) is 15.6 Å². The van der Waals surface area contributed by atoms with E-state index in [-0.39, 0.29) is 18.9 Å². The molecule has 0 aromatic heterocycles. The van der Waals surface area contributed by atoms with E-state index in [4.69, 9.17) is 9.47 Å². The molecular formula is C14H20N2O5. The number of hydrogen-bond donors (Lipinski definition) is 2. The molecule has 2 N–H and O–H groups in total. The number of benzene rings is 1. The second-order valence-electron chi connectivity index (χ2n) is 4.11. The average molecular weight is 296 g/mol. The Kier molecular flexibility index (Phi) is 6.86. The van der Waals surface area contributed by atoms with Crippen LogP contribution in [-0.2, 0) is 16.0 Å². The molecule has 0 saturated carbocycles. The molecule has 0 bridgehead atoms. The van der Waals surface area contributed by atoms with Crippen molar-refractivity contribution in [2.24, 2.45) is 0 Å². The maximum atomic E-state index is 11.6. The van der Waals surface area contributed by atoms with Crippen molar-refractivity contribution >= 4 is 12.0 Å². The predicted octanol–water partition coefficient (Wildman–Crippen LogP) is 1.41. The molecule has 21 heavy (non-hydrogen) atoms. The smallest absolute Gasteiger partial charge is 0.426 e. The highest BCUT2D eigenvalue weighted by atomic mass is 16.6. The van der Waals surface area contributed by atoms with Crippen LogP contribution in [-0.4, -0.2) is 32.8 Å². The first-order valence-electron chi connectivity index (χ1n) is 6.52. The Labute approximate surface area is 123 Å². The van der Waals surface area contributed by atoms with Crippen LogP contribution in [0.1, 0.15) is 18.9 Å². The molecule has 1 rings (SSSR count). The number of hydrazine groups is 1. The standard InChI is InChI=1S/C14H20N2O5/c1-4-21-14(18)16-15-13(17)6-5-10-7-11(19-2)9-12(8-10)20-3/h7-9H,4-6H2,1-3H3,(H,15,17)(H,16,18). The van der Waals surface area contributed by atoms with Gasteiger partial charge in [0.25, 0.3) is 0 Å². The number of rotatable bonds is 6. The summed E-state index contributed by atoms with van der Waals surface area (Å²) in [5.41, 5.74) is 5.32. The molecule has 0 unspecified atom stereocenters. The fourth-order valence-electron chi connectivity index (χ4n) is 1.62. The summed E-state index contributed by atoms with van der Waals surface area (Å²) in [4.78, 5) is 22.6. The Balaban J connectivity index is 2.47. The van der Waals surface area contributed by atoms with Crippen molar-refractivity contribution in [3.05, 3.63) is 23.8 Å². The minimum Gasteiger partial charge on any atom is -0.497 e. The van der Waals surface area contributed by atoms with E-state index < -0.39 is 6.09 Å². The summed E-state index contributed by atoms with van der Waals surface area (Å²) >= 11 is 0. The van der Waals surface area contributed by atoms with Crippen LogP contribution in [0.2, 0.25) is 0 Å². The Morgan fingerprint density at radius 1 is 1.05 bits per heavy atom. The minimum atomic E-state index is -0.686. The van der Waals surface area contributed by atoms with E-state index in [9.17, 15) is 9.59 Å². The van der Waals surface area contributed by atoms with E-state index in [1.54, 1.807) is 27.2 Å². The summed E-state index contributed by atoms with van der Waals surface area (Å²) in [5.74, 6) is 1.01. The van der Waals surface area contributed by atoms with Crippen molar-refractivity contribution in [2.45, 2.75) is 19.8 Å². The molecular weight excluding hydrogens is 276 g/mol. The quantitative estimate of drug-likeness (QED) is 0.775. The lowest BCUT2D eigenvalue weighted by molar-refractivity contribution is -0.121. The van der Waals surface area contributed by atoms with Gasteiger partial charge in [-0.1, -0.05) is 0 Å². The molecule has 0 spiro atoms. The monoisotopic (exact) mass is 296 g/mol. The number of ether oxygens (including phenoxy) is 3. The number of methoxy groups -OCH3 is 2. The number of aryl methyl sites for hydroxylation is 1. The van der Waals surface area contributed by atoms with Crippen molar-refractivity contribution in [1.29, 1.82) is 0 Å². The normalized spacial score (nSPS) is 9.67. The van der Waals surface area contributed by atoms with Crippen LogP contribution in [0.25, 0.3) is 0 Å².